The van der Waals surface area contributed by atoms with Gasteiger partial charge < -0.3 is 10.1 Å². The molecule has 6 nitrogen and oxygen atoms in total. The van der Waals surface area contributed by atoms with Gasteiger partial charge in [0.25, 0.3) is 0 Å². The van der Waals surface area contributed by atoms with Crippen molar-refractivity contribution in [3.8, 4) is 11.4 Å². The Morgan fingerprint density at radius 1 is 0.919 bits per heavy atom. The Bertz CT molecular complexity index is 1290. The van der Waals surface area contributed by atoms with E-state index < -0.39 is 0 Å². The number of thioether (sulfide) groups is 1. The predicted molar refractivity (Wildman–Crippen MR) is 149 cm³/mol. The standard InChI is InChI=1S/C30H34N4O2S/c1-23-10-8-13-25(20-23)22-37-30-33-32-28(34(30)26-14-9-15-27(21-26)36-2)16-6-7-17-29(35)31-19-18-24-11-4-3-5-12-24/h3-5,8-15,20-21H,6-7,16-19,22H2,1-2H3,(H,31,35). The minimum atomic E-state index is 0.0968. The monoisotopic (exact) mass is 514 g/mol. The van der Waals surface area contributed by atoms with Crippen molar-refractivity contribution < 1.29 is 9.53 Å². The molecule has 0 aliphatic rings. The Balaban J connectivity index is 1.35. The van der Waals surface area contributed by atoms with Crippen LogP contribution in [-0.4, -0.2) is 34.3 Å². The van der Waals surface area contributed by atoms with E-state index in [1.165, 1.54) is 16.7 Å². The van der Waals surface area contributed by atoms with Crippen molar-refractivity contribution in [1.82, 2.24) is 20.1 Å². The Hall–Kier alpha value is -3.58. The van der Waals surface area contributed by atoms with Crippen LogP contribution in [0.2, 0.25) is 0 Å². The topological polar surface area (TPSA) is 69.0 Å². The predicted octanol–water partition coefficient (Wildman–Crippen LogP) is 5.95. The summed E-state index contributed by atoms with van der Waals surface area (Å²) in [6.45, 7) is 2.77. The maximum Gasteiger partial charge on any atom is 0.220 e. The average Bonchev–Trinajstić information content (AvgIpc) is 3.33. The van der Waals surface area contributed by atoms with Gasteiger partial charge in [0, 0.05) is 31.2 Å². The molecule has 4 rings (SSSR count). The van der Waals surface area contributed by atoms with Crippen molar-refractivity contribution in [3.05, 3.63) is 101 Å². The minimum absolute atomic E-state index is 0.0968. The zero-order valence-electron chi connectivity index (χ0n) is 21.5. The van der Waals surface area contributed by atoms with E-state index in [-0.39, 0.29) is 5.91 Å². The van der Waals surface area contributed by atoms with Crippen LogP contribution in [0.3, 0.4) is 0 Å². The van der Waals surface area contributed by atoms with E-state index >= 15 is 0 Å². The van der Waals surface area contributed by atoms with E-state index in [4.69, 9.17) is 4.74 Å². The Kier molecular flexibility index (Phi) is 9.77. The van der Waals surface area contributed by atoms with Crippen molar-refractivity contribution in [1.29, 1.82) is 0 Å². The number of rotatable bonds is 13. The summed E-state index contributed by atoms with van der Waals surface area (Å²) < 4.78 is 7.57. The van der Waals surface area contributed by atoms with Crippen LogP contribution >= 0.6 is 11.8 Å². The summed E-state index contributed by atoms with van der Waals surface area (Å²) in [6, 6.07) is 26.7. The van der Waals surface area contributed by atoms with Crippen molar-refractivity contribution in [2.75, 3.05) is 13.7 Å². The van der Waals surface area contributed by atoms with Crippen LogP contribution in [0.15, 0.2) is 84.0 Å². The molecule has 37 heavy (non-hydrogen) atoms. The van der Waals surface area contributed by atoms with E-state index in [1.807, 2.05) is 42.5 Å². The molecule has 0 unspecified atom stereocenters. The largest absolute Gasteiger partial charge is 0.497 e. The van der Waals surface area contributed by atoms with Crippen LogP contribution in [0.25, 0.3) is 5.69 Å². The van der Waals surface area contributed by atoms with Crippen LogP contribution in [0.4, 0.5) is 0 Å². The third-order valence-electron chi connectivity index (χ3n) is 6.10. The van der Waals surface area contributed by atoms with E-state index in [0.29, 0.717) is 13.0 Å². The second kappa shape index (κ2) is 13.7. The molecular weight excluding hydrogens is 480 g/mol. The van der Waals surface area contributed by atoms with Crippen LogP contribution in [0, 0.1) is 6.92 Å². The molecule has 1 heterocycles. The Labute approximate surface area is 223 Å². The summed E-state index contributed by atoms with van der Waals surface area (Å²) >= 11 is 1.67. The van der Waals surface area contributed by atoms with Gasteiger partial charge in [-0.15, -0.1) is 10.2 Å². The first-order valence-corrected chi connectivity index (χ1v) is 13.7. The third kappa shape index (κ3) is 7.95. The highest BCUT2D eigenvalue weighted by molar-refractivity contribution is 7.98. The summed E-state index contributed by atoms with van der Waals surface area (Å²) in [5.41, 5.74) is 4.71. The molecule has 0 saturated heterocycles. The molecule has 3 aromatic carbocycles. The zero-order chi connectivity index (χ0) is 25.9. The van der Waals surface area contributed by atoms with Crippen LogP contribution in [0.5, 0.6) is 5.75 Å². The lowest BCUT2D eigenvalue weighted by Crippen LogP contribution is -2.25. The first-order chi connectivity index (χ1) is 18.1. The molecular formula is C30H34N4O2S. The van der Waals surface area contributed by atoms with Crippen molar-refractivity contribution in [2.45, 2.75) is 49.9 Å². The number of nitrogens with zero attached hydrogens (tertiary/aromatic N) is 3. The third-order valence-corrected chi connectivity index (χ3v) is 7.10. The van der Waals surface area contributed by atoms with Crippen LogP contribution < -0.4 is 10.1 Å². The molecule has 0 atom stereocenters. The summed E-state index contributed by atoms with van der Waals surface area (Å²) in [7, 11) is 1.67. The molecule has 0 saturated carbocycles. The van der Waals surface area contributed by atoms with Gasteiger partial charge in [-0.3, -0.25) is 9.36 Å². The molecule has 1 amide bonds. The number of nitrogens with one attached hydrogen (secondary N) is 1. The number of benzene rings is 3. The van der Waals surface area contributed by atoms with E-state index in [9.17, 15) is 4.79 Å². The molecule has 7 heteroatoms. The summed E-state index contributed by atoms with van der Waals surface area (Å²) in [4.78, 5) is 12.3. The second-order valence-corrected chi connectivity index (χ2v) is 9.95. The first kappa shape index (κ1) is 26.5. The number of unbranched alkanes of at least 4 members (excludes halogenated alkanes) is 1. The lowest BCUT2D eigenvalue weighted by atomic mass is 10.1. The van der Waals surface area contributed by atoms with Crippen LogP contribution in [-0.2, 0) is 23.4 Å². The summed E-state index contributed by atoms with van der Waals surface area (Å²) in [5, 5.41) is 12.9. The normalized spacial score (nSPS) is 10.9. The van der Waals surface area contributed by atoms with Gasteiger partial charge >= 0.3 is 0 Å². The number of aryl methyl sites for hydroxylation is 2. The second-order valence-electron chi connectivity index (χ2n) is 9.01. The average molecular weight is 515 g/mol. The lowest BCUT2D eigenvalue weighted by Gasteiger charge is -2.12. The first-order valence-electron chi connectivity index (χ1n) is 12.7. The van der Waals surface area contributed by atoms with E-state index in [2.05, 4.69) is 63.4 Å². The fourth-order valence-electron chi connectivity index (χ4n) is 4.16. The number of ether oxygens (including phenoxy) is 1. The number of amides is 1. The number of hydrogen-bond acceptors (Lipinski definition) is 5. The number of methoxy groups -OCH3 is 1. The van der Waals surface area contributed by atoms with Gasteiger partial charge in [0.1, 0.15) is 11.6 Å². The smallest absolute Gasteiger partial charge is 0.220 e. The number of hydrogen-bond donors (Lipinski definition) is 1. The molecule has 1 aromatic heterocycles. The van der Waals surface area contributed by atoms with Gasteiger partial charge in [0.2, 0.25) is 5.91 Å². The van der Waals surface area contributed by atoms with Gasteiger partial charge in [0.05, 0.1) is 12.8 Å². The van der Waals surface area contributed by atoms with Gasteiger partial charge in [-0.2, -0.15) is 0 Å². The zero-order valence-corrected chi connectivity index (χ0v) is 22.3. The van der Waals surface area contributed by atoms with Crippen LogP contribution in [0.1, 0.15) is 41.8 Å². The molecule has 1 N–H and O–H groups in total. The fourth-order valence-corrected chi connectivity index (χ4v) is 5.08. The van der Waals surface area contributed by atoms with Gasteiger partial charge in [-0.05, 0) is 49.4 Å². The minimum Gasteiger partial charge on any atom is -0.497 e. The van der Waals surface area contributed by atoms with Crippen molar-refractivity contribution in [2.24, 2.45) is 0 Å². The molecule has 192 valence electrons. The number of carbonyl (C=O) groups is 1. The molecule has 4 aromatic rings. The molecule has 0 aliphatic carbocycles. The molecule has 0 fully saturated rings. The molecule has 0 radical (unpaired) electrons. The van der Waals surface area contributed by atoms with Gasteiger partial charge in [-0.1, -0.05) is 78.0 Å². The van der Waals surface area contributed by atoms with Gasteiger partial charge in [0.15, 0.2) is 5.16 Å². The Morgan fingerprint density at radius 2 is 1.73 bits per heavy atom. The Morgan fingerprint density at radius 3 is 2.54 bits per heavy atom. The van der Waals surface area contributed by atoms with E-state index in [1.54, 1.807) is 18.9 Å². The van der Waals surface area contributed by atoms with Crippen molar-refractivity contribution >= 4 is 17.7 Å². The highest BCUT2D eigenvalue weighted by Gasteiger charge is 2.15. The number of carbonyl (C=O) groups excluding carboxylic acids is 1. The molecule has 0 aliphatic heterocycles. The highest BCUT2D eigenvalue weighted by Crippen LogP contribution is 2.28. The maximum atomic E-state index is 12.3. The van der Waals surface area contributed by atoms with E-state index in [0.717, 1.165) is 53.9 Å². The maximum absolute atomic E-state index is 12.3. The fraction of sp³-hybridized carbons (Fsp3) is 0.300. The lowest BCUT2D eigenvalue weighted by molar-refractivity contribution is -0.121. The summed E-state index contributed by atoms with van der Waals surface area (Å²) in [5.74, 6) is 2.59. The highest BCUT2D eigenvalue weighted by atomic mass is 32.2. The quantitative estimate of drug-likeness (QED) is 0.176. The molecule has 0 spiro atoms. The summed E-state index contributed by atoms with van der Waals surface area (Å²) in [6.07, 6.45) is 3.76. The van der Waals surface area contributed by atoms with Gasteiger partial charge in [-0.25, -0.2) is 0 Å². The SMILES string of the molecule is COc1cccc(-n2c(CCCCC(=O)NCCc3ccccc3)nnc2SCc2cccc(C)c2)c1. The van der Waals surface area contributed by atoms with Crippen molar-refractivity contribution in [3.63, 3.8) is 0 Å². The molecule has 0 bridgehead atoms. The number of aromatic nitrogens is 3.